The number of nitrogens with one attached hydrogen (secondary N) is 1. The number of nitrogens with zero attached hydrogens (tertiary/aromatic N) is 2. The second-order valence-electron chi connectivity index (χ2n) is 5.22. The molecule has 136 valence electrons. The summed E-state index contributed by atoms with van der Waals surface area (Å²) in [6.45, 7) is 4.34. The van der Waals surface area contributed by atoms with E-state index in [-0.39, 0.29) is 18.1 Å². The van der Waals surface area contributed by atoms with Crippen LogP contribution in [-0.2, 0) is 10.9 Å². The van der Waals surface area contributed by atoms with Crippen LogP contribution >= 0.6 is 0 Å². The number of hydrogen-bond acceptors (Lipinski definition) is 5. The summed E-state index contributed by atoms with van der Waals surface area (Å²) in [6.07, 6.45) is -3.86. The van der Waals surface area contributed by atoms with Gasteiger partial charge in [-0.1, -0.05) is 0 Å². The fraction of sp³-hybridized carbons (Fsp3) is 0.571. The van der Waals surface area contributed by atoms with E-state index in [1.165, 1.54) is 0 Å². The molecule has 1 fully saturated rings. The molecule has 1 aromatic carbocycles. The van der Waals surface area contributed by atoms with Crippen LogP contribution < -0.4 is 17.7 Å². The van der Waals surface area contributed by atoms with Gasteiger partial charge in [-0.2, -0.15) is 13.2 Å². The summed E-state index contributed by atoms with van der Waals surface area (Å²) >= 11 is 0. The quantitative estimate of drug-likeness (QED) is 0.426. The lowest BCUT2D eigenvalue weighted by Gasteiger charge is -2.26. The Bertz CT molecular complexity index is 552. The average molecular weight is 369 g/mol. The average Bonchev–Trinajstić information content (AvgIpc) is 2.51. The molecule has 1 heterocycles. The van der Waals surface area contributed by atoms with Gasteiger partial charge in [0.1, 0.15) is 5.69 Å². The van der Waals surface area contributed by atoms with E-state index >= 15 is 0 Å². The number of nitro groups is 1. The maximum atomic E-state index is 12.6. The molecule has 0 aliphatic carbocycles. The van der Waals surface area contributed by atoms with E-state index in [1.807, 2.05) is 0 Å². The Labute approximate surface area is 143 Å². The third-order valence-corrected chi connectivity index (χ3v) is 3.59. The molecule has 0 radical (unpaired) electrons. The first-order valence-corrected chi connectivity index (χ1v) is 7.27. The summed E-state index contributed by atoms with van der Waals surface area (Å²) in [4.78, 5) is 12.4. The number of ether oxygens (including phenoxy) is 1. The van der Waals surface area contributed by atoms with Gasteiger partial charge in [0.25, 0.3) is 5.69 Å². The normalized spacial score (nSPS) is 15.6. The second-order valence-corrected chi connectivity index (χ2v) is 5.22. The van der Waals surface area contributed by atoms with E-state index in [9.17, 15) is 23.3 Å². The van der Waals surface area contributed by atoms with Crippen LogP contribution in [0, 0.1) is 10.1 Å². The molecular formula is C14H18ClF3N3O3-. The first kappa shape index (κ1) is 20.5. The van der Waals surface area contributed by atoms with Gasteiger partial charge < -0.3 is 22.5 Å². The second kappa shape index (κ2) is 9.05. The molecule has 1 N–H and O–H groups in total. The Hall–Kier alpha value is -1.58. The predicted octanol–water partition coefficient (Wildman–Crippen LogP) is -0.248. The minimum atomic E-state index is -4.60. The van der Waals surface area contributed by atoms with Crippen LogP contribution in [0.25, 0.3) is 0 Å². The van der Waals surface area contributed by atoms with Gasteiger partial charge in [-0.05, 0) is 25.1 Å². The zero-order chi connectivity index (χ0) is 16.9. The highest BCUT2D eigenvalue weighted by molar-refractivity contribution is 5.62. The fourth-order valence-electron chi connectivity index (χ4n) is 2.36. The minimum Gasteiger partial charge on any atom is -1.00 e. The van der Waals surface area contributed by atoms with Crippen molar-refractivity contribution in [2.45, 2.75) is 12.6 Å². The van der Waals surface area contributed by atoms with Gasteiger partial charge in [-0.25, -0.2) is 0 Å². The lowest BCUT2D eigenvalue weighted by atomic mass is 10.1. The molecule has 6 nitrogen and oxygen atoms in total. The maximum Gasteiger partial charge on any atom is 0.416 e. The molecule has 24 heavy (non-hydrogen) atoms. The molecule has 0 saturated carbocycles. The lowest BCUT2D eigenvalue weighted by Crippen LogP contribution is -3.00. The van der Waals surface area contributed by atoms with Crippen LogP contribution in [0.15, 0.2) is 18.2 Å². The van der Waals surface area contributed by atoms with E-state index in [1.54, 1.807) is 0 Å². The molecule has 0 unspecified atom stereocenters. The van der Waals surface area contributed by atoms with Crippen LogP contribution in [0.3, 0.4) is 0 Å². The van der Waals surface area contributed by atoms with E-state index in [2.05, 4.69) is 10.2 Å². The van der Waals surface area contributed by atoms with Crippen LogP contribution in [0.4, 0.5) is 24.5 Å². The molecule has 0 aromatic heterocycles. The molecule has 0 bridgehead atoms. The molecule has 1 aliphatic heterocycles. The molecule has 2 rings (SSSR count). The monoisotopic (exact) mass is 368 g/mol. The van der Waals surface area contributed by atoms with Gasteiger partial charge in [0, 0.05) is 25.7 Å². The summed E-state index contributed by atoms with van der Waals surface area (Å²) in [5, 5.41) is 13.8. The molecule has 1 aliphatic rings. The van der Waals surface area contributed by atoms with E-state index in [0.717, 1.165) is 38.2 Å². The number of rotatable bonds is 6. The first-order valence-electron chi connectivity index (χ1n) is 7.27. The van der Waals surface area contributed by atoms with Crippen molar-refractivity contribution in [1.29, 1.82) is 0 Å². The van der Waals surface area contributed by atoms with Crippen molar-refractivity contribution in [2.75, 3.05) is 44.7 Å². The number of anilines is 1. The number of morpholine rings is 1. The highest BCUT2D eigenvalue weighted by Gasteiger charge is 2.32. The summed E-state index contributed by atoms with van der Waals surface area (Å²) in [5.74, 6) is 0. The van der Waals surface area contributed by atoms with Gasteiger partial charge >= 0.3 is 6.18 Å². The third kappa shape index (κ3) is 5.81. The van der Waals surface area contributed by atoms with Crippen LogP contribution in [0.1, 0.15) is 12.0 Å². The zero-order valence-electron chi connectivity index (χ0n) is 12.8. The van der Waals surface area contributed by atoms with Crippen molar-refractivity contribution in [3.8, 4) is 0 Å². The Balaban J connectivity index is 0.00000288. The maximum absolute atomic E-state index is 12.6. The zero-order valence-corrected chi connectivity index (χ0v) is 13.6. The lowest BCUT2D eigenvalue weighted by molar-refractivity contribution is -0.384. The van der Waals surface area contributed by atoms with Gasteiger partial charge in [0.2, 0.25) is 0 Å². The van der Waals surface area contributed by atoms with Crippen LogP contribution in [-0.4, -0.2) is 49.2 Å². The van der Waals surface area contributed by atoms with E-state index in [0.29, 0.717) is 25.8 Å². The standard InChI is InChI=1S/C14H18F3N3O3.ClH/c15-14(16,17)11-2-3-12(13(10-11)20(21)22)18-4-1-5-19-6-8-23-9-7-19;/h2-3,10,18H,1,4-9H2;1H/p-1. The van der Waals surface area contributed by atoms with Crippen molar-refractivity contribution in [1.82, 2.24) is 4.90 Å². The number of alkyl halides is 3. The molecule has 1 aromatic rings. The number of benzene rings is 1. The van der Waals surface area contributed by atoms with Gasteiger partial charge in [0.15, 0.2) is 0 Å². The highest BCUT2D eigenvalue weighted by atomic mass is 35.5. The van der Waals surface area contributed by atoms with Crippen molar-refractivity contribution in [2.24, 2.45) is 0 Å². The Morgan fingerprint density at radius 2 is 1.96 bits per heavy atom. The van der Waals surface area contributed by atoms with Crippen molar-refractivity contribution < 1.29 is 35.2 Å². The highest BCUT2D eigenvalue weighted by Crippen LogP contribution is 2.34. The van der Waals surface area contributed by atoms with E-state index < -0.39 is 22.4 Å². The van der Waals surface area contributed by atoms with Crippen LogP contribution in [0.2, 0.25) is 0 Å². The predicted molar refractivity (Wildman–Crippen MR) is 78.5 cm³/mol. The Morgan fingerprint density at radius 3 is 2.54 bits per heavy atom. The topological polar surface area (TPSA) is 67.6 Å². The van der Waals surface area contributed by atoms with Crippen molar-refractivity contribution >= 4 is 11.4 Å². The molecule has 0 spiro atoms. The number of hydrogen-bond donors (Lipinski definition) is 1. The van der Waals surface area contributed by atoms with Gasteiger partial charge in [0.05, 0.1) is 23.7 Å². The van der Waals surface area contributed by atoms with E-state index in [4.69, 9.17) is 4.74 Å². The summed E-state index contributed by atoms with van der Waals surface area (Å²) < 4.78 is 43.1. The summed E-state index contributed by atoms with van der Waals surface area (Å²) in [7, 11) is 0. The summed E-state index contributed by atoms with van der Waals surface area (Å²) in [6, 6.07) is 2.51. The van der Waals surface area contributed by atoms with Crippen molar-refractivity contribution in [3.05, 3.63) is 33.9 Å². The number of halogens is 4. The first-order chi connectivity index (χ1) is 10.9. The molecule has 0 atom stereocenters. The largest absolute Gasteiger partial charge is 1.00 e. The Morgan fingerprint density at radius 1 is 1.29 bits per heavy atom. The van der Waals surface area contributed by atoms with Gasteiger partial charge in [-0.15, -0.1) is 0 Å². The smallest absolute Gasteiger partial charge is 0.416 e. The van der Waals surface area contributed by atoms with Gasteiger partial charge in [-0.3, -0.25) is 15.0 Å². The molecule has 10 heteroatoms. The SMILES string of the molecule is O=[N+]([O-])c1cc(C(F)(F)F)ccc1NCCCN1CCOCC1.[Cl-]. The number of nitro benzene ring substituents is 1. The van der Waals surface area contributed by atoms with Crippen LogP contribution in [0.5, 0.6) is 0 Å². The Kier molecular flexibility index (Phi) is 7.71. The molecule has 1 saturated heterocycles. The third-order valence-electron chi connectivity index (χ3n) is 3.59. The summed E-state index contributed by atoms with van der Waals surface area (Å²) in [5.41, 5.74) is -1.49. The minimum absolute atomic E-state index is 0. The molecular weight excluding hydrogens is 351 g/mol. The fourth-order valence-corrected chi connectivity index (χ4v) is 2.36. The van der Waals surface area contributed by atoms with Crippen molar-refractivity contribution in [3.63, 3.8) is 0 Å². The molecule has 0 amide bonds.